The third-order valence-electron chi connectivity index (χ3n) is 3.39. The van der Waals surface area contributed by atoms with E-state index in [0.29, 0.717) is 6.54 Å². The number of aliphatic hydroxyl groups excluding tert-OH is 1. The summed E-state index contributed by atoms with van der Waals surface area (Å²) in [7, 11) is 0. The SMILES string of the molecule is CCn1cc(CNCC(O)CN2CCCC2)cn1. The molecule has 2 N–H and O–H groups in total. The van der Waals surface area contributed by atoms with Crippen molar-refractivity contribution < 1.29 is 5.11 Å². The van der Waals surface area contributed by atoms with Gasteiger partial charge in [0, 0.05) is 37.9 Å². The molecule has 2 heterocycles. The molecule has 1 saturated heterocycles. The van der Waals surface area contributed by atoms with Crippen molar-refractivity contribution in [2.24, 2.45) is 0 Å². The Morgan fingerprint density at radius 3 is 2.89 bits per heavy atom. The summed E-state index contributed by atoms with van der Waals surface area (Å²) in [4.78, 5) is 2.33. The zero-order chi connectivity index (χ0) is 12.8. The highest BCUT2D eigenvalue weighted by Crippen LogP contribution is 2.07. The van der Waals surface area contributed by atoms with Gasteiger partial charge < -0.3 is 15.3 Å². The number of aromatic nitrogens is 2. The highest BCUT2D eigenvalue weighted by atomic mass is 16.3. The summed E-state index contributed by atoms with van der Waals surface area (Å²) >= 11 is 0. The Hall–Kier alpha value is -0.910. The molecule has 1 unspecified atom stereocenters. The van der Waals surface area contributed by atoms with Crippen LogP contribution in [0.5, 0.6) is 0 Å². The van der Waals surface area contributed by atoms with Gasteiger partial charge in [-0.25, -0.2) is 0 Å². The average Bonchev–Trinajstić information content (AvgIpc) is 3.00. The number of β-amino-alcohol motifs (C(OH)–C–C–N with tert-alkyl or cyclic N) is 1. The second-order valence-corrected chi connectivity index (χ2v) is 5.00. The van der Waals surface area contributed by atoms with Crippen molar-refractivity contribution in [1.82, 2.24) is 20.0 Å². The van der Waals surface area contributed by atoms with E-state index in [1.807, 2.05) is 17.1 Å². The maximum absolute atomic E-state index is 9.91. The van der Waals surface area contributed by atoms with Crippen LogP contribution in [0.1, 0.15) is 25.3 Å². The fourth-order valence-corrected chi connectivity index (χ4v) is 2.38. The monoisotopic (exact) mass is 252 g/mol. The first kappa shape index (κ1) is 13.5. The molecule has 2 rings (SSSR count). The molecule has 102 valence electrons. The van der Waals surface area contributed by atoms with Gasteiger partial charge in [-0.15, -0.1) is 0 Å². The molecule has 5 heteroatoms. The van der Waals surface area contributed by atoms with Crippen molar-refractivity contribution in [3.63, 3.8) is 0 Å². The quantitative estimate of drug-likeness (QED) is 0.740. The summed E-state index contributed by atoms with van der Waals surface area (Å²) < 4.78 is 1.91. The molecule has 1 aromatic rings. The lowest BCUT2D eigenvalue weighted by Gasteiger charge is -2.19. The lowest BCUT2D eigenvalue weighted by atomic mass is 10.3. The Bertz CT molecular complexity index is 347. The maximum Gasteiger partial charge on any atom is 0.0791 e. The standard InChI is InChI=1S/C13H24N4O/c1-2-17-10-12(8-15-17)7-14-9-13(18)11-16-5-3-4-6-16/h8,10,13-14,18H,2-7,9,11H2,1H3. The molecule has 5 nitrogen and oxygen atoms in total. The number of aliphatic hydroxyl groups is 1. The zero-order valence-electron chi connectivity index (χ0n) is 11.2. The smallest absolute Gasteiger partial charge is 0.0791 e. The molecule has 1 fully saturated rings. The van der Waals surface area contributed by atoms with Crippen LogP contribution in [0, 0.1) is 0 Å². The van der Waals surface area contributed by atoms with Gasteiger partial charge in [-0.05, 0) is 32.9 Å². The number of nitrogens with one attached hydrogen (secondary N) is 1. The highest BCUT2D eigenvalue weighted by molar-refractivity contribution is 5.03. The highest BCUT2D eigenvalue weighted by Gasteiger charge is 2.15. The van der Waals surface area contributed by atoms with Crippen LogP contribution in [-0.4, -0.2) is 52.1 Å². The molecule has 1 aliphatic heterocycles. The van der Waals surface area contributed by atoms with Crippen LogP contribution < -0.4 is 5.32 Å². The largest absolute Gasteiger partial charge is 0.390 e. The van der Waals surface area contributed by atoms with E-state index in [2.05, 4.69) is 22.2 Å². The van der Waals surface area contributed by atoms with Crippen molar-refractivity contribution in [3.05, 3.63) is 18.0 Å². The first-order valence-electron chi connectivity index (χ1n) is 6.90. The zero-order valence-corrected chi connectivity index (χ0v) is 11.2. The van der Waals surface area contributed by atoms with E-state index >= 15 is 0 Å². The molecule has 18 heavy (non-hydrogen) atoms. The fourth-order valence-electron chi connectivity index (χ4n) is 2.38. The van der Waals surface area contributed by atoms with Gasteiger partial charge in [0.2, 0.25) is 0 Å². The van der Waals surface area contributed by atoms with Gasteiger partial charge in [0.1, 0.15) is 0 Å². The van der Waals surface area contributed by atoms with E-state index < -0.39 is 0 Å². The Morgan fingerprint density at radius 2 is 2.22 bits per heavy atom. The minimum absolute atomic E-state index is 0.274. The summed E-state index contributed by atoms with van der Waals surface area (Å²) in [6.45, 7) is 7.47. The second kappa shape index (κ2) is 6.87. The Labute approximate surface area is 109 Å². The van der Waals surface area contributed by atoms with Crippen LogP contribution in [0.25, 0.3) is 0 Å². The number of rotatable bonds is 7. The molecule has 0 amide bonds. The van der Waals surface area contributed by atoms with Crippen LogP contribution >= 0.6 is 0 Å². The molecule has 0 spiro atoms. The topological polar surface area (TPSA) is 53.3 Å². The second-order valence-electron chi connectivity index (χ2n) is 5.00. The first-order valence-corrected chi connectivity index (χ1v) is 6.90. The van der Waals surface area contributed by atoms with Gasteiger partial charge in [-0.2, -0.15) is 5.10 Å². The summed E-state index contributed by atoms with van der Waals surface area (Å²) in [5, 5.41) is 17.4. The number of likely N-dealkylation sites (tertiary alicyclic amines) is 1. The van der Waals surface area contributed by atoms with E-state index in [0.717, 1.165) is 32.7 Å². The van der Waals surface area contributed by atoms with Crippen LogP contribution in [0.4, 0.5) is 0 Å². The van der Waals surface area contributed by atoms with Gasteiger partial charge in [0.05, 0.1) is 12.3 Å². The number of nitrogens with zero attached hydrogens (tertiary/aromatic N) is 3. The van der Waals surface area contributed by atoms with Crippen LogP contribution in [-0.2, 0) is 13.1 Å². The van der Waals surface area contributed by atoms with E-state index in [1.165, 1.54) is 18.4 Å². The van der Waals surface area contributed by atoms with Crippen molar-refractivity contribution >= 4 is 0 Å². The van der Waals surface area contributed by atoms with Gasteiger partial charge >= 0.3 is 0 Å². The van der Waals surface area contributed by atoms with Crippen molar-refractivity contribution in [1.29, 1.82) is 0 Å². The molecule has 0 radical (unpaired) electrons. The van der Waals surface area contributed by atoms with Crippen molar-refractivity contribution in [2.45, 2.75) is 39.0 Å². The lowest BCUT2D eigenvalue weighted by Crippen LogP contribution is -2.36. The van der Waals surface area contributed by atoms with Crippen LogP contribution in [0.2, 0.25) is 0 Å². The minimum atomic E-state index is -0.274. The van der Waals surface area contributed by atoms with Gasteiger partial charge in [-0.3, -0.25) is 4.68 Å². The summed E-state index contributed by atoms with van der Waals surface area (Å²) in [6, 6.07) is 0. The van der Waals surface area contributed by atoms with Gasteiger partial charge in [-0.1, -0.05) is 0 Å². The number of aryl methyl sites for hydroxylation is 1. The number of hydrogen-bond donors (Lipinski definition) is 2. The molecular weight excluding hydrogens is 228 g/mol. The summed E-state index contributed by atoms with van der Waals surface area (Å²) in [5.41, 5.74) is 1.17. The van der Waals surface area contributed by atoms with Crippen molar-refractivity contribution in [2.75, 3.05) is 26.2 Å². The molecule has 0 aromatic carbocycles. The predicted octanol–water partition coefficient (Wildman–Crippen LogP) is 0.449. The van der Waals surface area contributed by atoms with E-state index in [9.17, 15) is 5.11 Å². The lowest BCUT2D eigenvalue weighted by molar-refractivity contribution is 0.123. The van der Waals surface area contributed by atoms with Gasteiger partial charge in [0.25, 0.3) is 0 Å². The molecule has 0 saturated carbocycles. The molecule has 1 aliphatic rings. The first-order chi connectivity index (χ1) is 8.78. The maximum atomic E-state index is 9.91. The van der Waals surface area contributed by atoms with Crippen molar-refractivity contribution in [3.8, 4) is 0 Å². The van der Waals surface area contributed by atoms with Gasteiger partial charge in [0.15, 0.2) is 0 Å². The average molecular weight is 252 g/mol. The Morgan fingerprint density at radius 1 is 1.44 bits per heavy atom. The molecule has 0 aliphatic carbocycles. The Balaban J connectivity index is 1.61. The Kier molecular flexibility index (Phi) is 5.16. The summed E-state index contributed by atoms with van der Waals surface area (Å²) in [5.74, 6) is 0. The van der Waals surface area contributed by atoms with Crippen LogP contribution in [0.15, 0.2) is 12.4 Å². The number of hydrogen-bond acceptors (Lipinski definition) is 4. The van der Waals surface area contributed by atoms with E-state index in [1.54, 1.807) is 0 Å². The molecule has 0 bridgehead atoms. The normalized spacial score (nSPS) is 18.3. The summed E-state index contributed by atoms with van der Waals surface area (Å²) in [6.07, 6.45) is 6.19. The fraction of sp³-hybridized carbons (Fsp3) is 0.769. The third-order valence-corrected chi connectivity index (χ3v) is 3.39. The minimum Gasteiger partial charge on any atom is -0.390 e. The van der Waals surface area contributed by atoms with E-state index in [4.69, 9.17) is 0 Å². The molecule has 1 atom stereocenters. The predicted molar refractivity (Wildman–Crippen MR) is 71.3 cm³/mol. The molecule has 1 aromatic heterocycles. The third kappa shape index (κ3) is 4.08. The molecular formula is C13H24N4O. The van der Waals surface area contributed by atoms with E-state index in [-0.39, 0.29) is 6.10 Å². The van der Waals surface area contributed by atoms with Crippen LogP contribution in [0.3, 0.4) is 0 Å².